The predicted octanol–water partition coefficient (Wildman–Crippen LogP) is 5.15. The smallest absolute Gasteiger partial charge is 0.264 e. The number of para-hydroxylation sites is 1. The van der Waals surface area contributed by atoms with Crippen LogP contribution in [0.15, 0.2) is 65.7 Å². The van der Waals surface area contributed by atoms with Crippen LogP contribution in [0.5, 0.6) is 0 Å². The first-order chi connectivity index (χ1) is 17.8. The lowest BCUT2D eigenvalue weighted by atomic mass is 9.88. The van der Waals surface area contributed by atoms with Crippen LogP contribution in [0.25, 0.3) is 10.9 Å². The van der Waals surface area contributed by atoms with Gasteiger partial charge >= 0.3 is 0 Å². The summed E-state index contributed by atoms with van der Waals surface area (Å²) in [5.74, 6) is 0.779. The molecule has 1 saturated heterocycles. The number of amides is 1. The average Bonchev–Trinajstić information content (AvgIpc) is 2.88. The number of piperazine rings is 1. The topological polar surface area (TPSA) is 82.6 Å². The number of rotatable bonds is 6. The summed E-state index contributed by atoms with van der Waals surface area (Å²) in [7, 11) is -3.84. The van der Waals surface area contributed by atoms with E-state index in [1.165, 1.54) is 32.1 Å². The third-order valence-electron chi connectivity index (χ3n) is 7.74. The van der Waals surface area contributed by atoms with E-state index in [0.717, 1.165) is 30.9 Å². The molecule has 0 bridgehead atoms. The molecule has 1 amide bonds. The van der Waals surface area contributed by atoms with Gasteiger partial charge in [-0.25, -0.2) is 8.42 Å². The summed E-state index contributed by atoms with van der Waals surface area (Å²) < 4.78 is 28.9. The molecular formula is C29H36N4O3S. The zero-order valence-electron chi connectivity index (χ0n) is 21.6. The van der Waals surface area contributed by atoms with Crippen molar-refractivity contribution >= 4 is 32.5 Å². The highest BCUT2D eigenvalue weighted by atomic mass is 32.2. The number of nitrogens with one attached hydrogen (secondary N) is 1. The zero-order valence-corrected chi connectivity index (χ0v) is 22.5. The number of hydrogen-bond acceptors (Lipinski definition) is 5. The van der Waals surface area contributed by atoms with E-state index >= 15 is 0 Å². The Morgan fingerprint density at radius 2 is 1.62 bits per heavy atom. The highest BCUT2D eigenvalue weighted by Gasteiger charge is 2.34. The number of anilines is 1. The third-order valence-corrected chi connectivity index (χ3v) is 9.15. The Bertz CT molecular complexity index is 1340. The highest BCUT2D eigenvalue weighted by molar-refractivity contribution is 7.93. The van der Waals surface area contributed by atoms with E-state index in [0.29, 0.717) is 16.8 Å². The van der Waals surface area contributed by atoms with Crippen LogP contribution in [0.3, 0.4) is 0 Å². The number of sulfonamides is 1. The molecule has 2 aromatic carbocycles. The first kappa shape index (κ1) is 25.7. The molecule has 37 heavy (non-hydrogen) atoms. The molecule has 2 fully saturated rings. The standard InChI is InChI=1S/C29H36N4O3S/c1-21-18-32(20-23-8-4-3-5-9-23)19-22(2)33(21)29(34)25-13-15-26(16-14-25)31-37(35,36)27-12-6-10-24-11-7-17-30-28(24)27/h6-7,10-17,21-23,31H,3-5,8-9,18-20H2,1-2H3. The van der Waals surface area contributed by atoms with Crippen molar-refractivity contribution in [3.8, 4) is 0 Å². The van der Waals surface area contributed by atoms with Crippen LogP contribution >= 0.6 is 0 Å². The average molecular weight is 521 g/mol. The minimum Gasteiger partial charge on any atom is -0.331 e. The molecule has 3 aromatic rings. The maximum absolute atomic E-state index is 13.4. The number of benzene rings is 2. The second-order valence-electron chi connectivity index (χ2n) is 10.6. The van der Waals surface area contributed by atoms with Gasteiger partial charge in [0.1, 0.15) is 4.90 Å². The Kier molecular flexibility index (Phi) is 7.49. The Hall–Kier alpha value is -2.97. The zero-order chi connectivity index (χ0) is 26.0. The van der Waals surface area contributed by atoms with Gasteiger partial charge in [0, 0.05) is 54.6 Å². The van der Waals surface area contributed by atoms with Gasteiger partial charge in [0.25, 0.3) is 15.9 Å². The van der Waals surface area contributed by atoms with Gasteiger partial charge in [0.2, 0.25) is 0 Å². The van der Waals surface area contributed by atoms with Gasteiger partial charge in [-0.05, 0) is 69.0 Å². The molecule has 2 atom stereocenters. The third kappa shape index (κ3) is 5.65. The van der Waals surface area contributed by atoms with Crippen molar-refractivity contribution < 1.29 is 13.2 Å². The van der Waals surface area contributed by atoms with Crippen LogP contribution < -0.4 is 4.72 Å². The monoisotopic (exact) mass is 520 g/mol. The van der Waals surface area contributed by atoms with E-state index in [4.69, 9.17) is 0 Å². The van der Waals surface area contributed by atoms with Crippen LogP contribution in [0.2, 0.25) is 0 Å². The van der Waals surface area contributed by atoms with Gasteiger partial charge < -0.3 is 4.90 Å². The molecule has 1 aliphatic heterocycles. The lowest BCUT2D eigenvalue weighted by molar-refractivity contribution is 0.0232. The molecule has 0 radical (unpaired) electrons. The summed E-state index contributed by atoms with van der Waals surface area (Å²) in [5, 5.41) is 0.758. The molecule has 1 saturated carbocycles. The SMILES string of the molecule is CC1CN(CC2CCCCC2)CC(C)N1C(=O)c1ccc(NS(=O)(=O)c2cccc3cccnc23)cc1. The Morgan fingerprint density at radius 1 is 0.946 bits per heavy atom. The van der Waals surface area contributed by atoms with Crippen molar-refractivity contribution in [2.24, 2.45) is 5.92 Å². The molecule has 196 valence electrons. The molecule has 5 rings (SSSR count). The fourth-order valence-corrected chi connectivity index (χ4v) is 7.29. The number of aromatic nitrogens is 1. The molecule has 2 heterocycles. The van der Waals surface area contributed by atoms with E-state index in [9.17, 15) is 13.2 Å². The summed E-state index contributed by atoms with van der Waals surface area (Å²) in [6.45, 7) is 7.18. The molecule has 0 spiro atoms. The summed E-state index contributed by atoms with van der Waals surface area (Å²) >= 11 is 0. The summed E-state index contributed by atoms with van der Waals surface area (Å²) in [4.78, 5) is 22.3. The van der Waals surface area contributed by atoms with Gasteiger partial charge in [-0.1, -0.05) is 37.5 Å². The number of fused-ring (bicyclic) bond motifs is 1. The Labute approximate surface area is 219 Å². The number of carbonyl (C=O) groups excluding carboxylic acids is 1. The van der Waals surface area contributed by atoms with E-state index in [2.05, 4.69) is 28.5 Å². The van der Waals surface area contributed by atoms with Crippen molar-refractivity contribution in [3.05, 3.63) is 66.4 Å². The molecule has 2 aliphatic rings. The van der Waals surface area contributed by atoms with Crippen molar-refractivity contribution in [2.45, 2.75) is 62.9 Å². The normalized spacial score (nSPS) is 21.7. The van der Waals surface area contributed by atoms with E-state index < -0.39 is 10.0 Å². The predicted molar refractivity (Wildman–Crippen MR) is 147 cm³/mol. The first-order valence-corrected chi connectivity index (χ1v) is 14.8. The van der Waals surface area contributed by atoms with Crippen LogP contribution in [0, 0.1) is 5.92 Å². The number of hydrogen-bond donors (Lipinski definition) is 1. The van der Waals surface area contributed by atoms with Crippen molar-refractivity contribution in [3.63, 3.8) is 0 Å². The molecule has 1 N–H and O–H groups in total. The molecule has 1 aromatic heterocycles. The Morgan fingerprint density at radius 3 is 2.32 bits per heavy atom. The minimum absolute atomic E-state index is 0.00928. The molecule has 1 aliphatic carbocycles. The second kappa shape index (κ2) is 10.8. The fourth-order valence-electron chi connectivity index (χ4n) is 6.05. The van der Waals surface area contributed by atoms with Gasteiger partial charge in [-0.15, -0.1) is 0 Å². The fraction of sp³-hybridized carbons (Fsp3) is 0.448. The van der Waals surface area contributed by atoms with Crippen molar-refractivity contribution in [1.29, 1.82) is 0 Å². The summed E-state index contributed by atoms with van der Waals surface area (Å²) in [6.07, 6.45) is 8.30. The van der Waals surface area contributed by atoms with Gasteiger partial charge in [-0.3, -0.25) is 19.4 Å². The number of pyridine rings is 1. The van der Waals surface area contributed by atoms with E-state index in [1.54, 1.807) is 48.7 Å². The van der Waals surface area contributed by atoms with Crippen LogP contribution in [-0.4, -0.2) is 60.8 Å². The second-order valence-corrected chi connectivity index (χ2v) is 12.3. The lowest BCUT2D eigenvalue weighted by Crippen LogP contribution is -2.59. The van der Waals surface area contributed by atoms with Crippen molar-refractivity contribution in [2.75, 3.05) is 24.4 Å². The van der Waals surface area contributed by atoms with Gasteiger partial charge in [-0.2, -0.15) is 0 Å². The molecular weight excluding hydrogens is 484 g/mol. The number of carbonyl (C=O) groups is 1. The molecule has 7 nitrogen and oxygen atoms in total. The van der Waals surface area contributed by atoms with E-state index in [-0.39, 0.29) is 22.9 Å². The largest absolute Gasteiger partial charge is 0.331 e. The highest BCUT2D eigenvalue weighted by Crippen LogP contribution is 2.28. The van der Waals surface area contributed by atoms with Gasteiger partial charge in [0.05, 0.1) is 5.52 Å². The minimum atomic E-state index is -3.84. The lowest BCUT2D eigenvalue weighted by Gasteiger charge is -2.45. The quantitative estimate of drug-likeness (QED) is 0.486. The maximum Gasteiger partial charge on any atom is 0.264 e. The summed E-state index contributed by atoms with van der Waals surface area (Å²) in [5.41, 5.74) is 1.40. The van der Waals surface area contributed by atoms with Crippen LogP contribution in [0.1, 0.15) is 56.3 Å². The van der Waals surface area contributed by atoms with Crippen molar-refractivity contribution in [1.82, 2.24) is 14.8 Å². The number of nitrogens with zero attached hydrogens (tertiary/aromatic N) is 3. The van der Waals surface area contributed by atoms with E-state index in [1.807, 2.05) is 17.0 Å². The summed E-state index contributed by atoms with van der Waals surface area (Å²) in [6, 6.07) is 15.7. The van der Waals surface area contributed by atoms with Crippen LogP contribution in [0.4, 0.5) is 5.69 Å². The van der Waals surface area contributed by atoms with Gasteiger partial charge in [0.15, 0.2) is 0 Å². The first-order valence-electron chi connectivity index (χ1n) is 13.3. The maximum atomic E-state index is 13.4. The Balaban J connectivity index is 1.25. The molecule has 8 heteroatoms. The van der Waals surface area contributed by atoms with Crippen LogP contribution in [-0.2, 0) is 10.0 Å². The molecule has 2 unspecified atom stereocenters.